The quantitative estimate of drug-likeness (QED) is 0.429. The number of fused-ring (bicyclic) bond motifs is 3. The largest absolute Gasteiger partial charge is 0.394 e. The minimum atomic E-state index is -0.835. The van der Waals surface area contributed by atoms with Crippen LogP contribution in [0.2, 0.25) is 5.02 Å². The van der Waals surface area contributed by atoms with Crippen molar-refractivity contribution in [2.75, 3.05) is 26.4 Å². The Balaban J connectivity index is 1.53. The van der Waals surface area contributed by atoms with Gasteiger partial charge < -0.3 is 29.6 Å². The van der Waals surface area contributed by atoms with Crippen molar-refractivity contribution in [3.05, 3.63) is 92.4 Å². The van der Waals surface area contributed by atoms with Crippen LogP contribution in [-0.2, 0) is 38.5 Å². The summed E-state index contributed by atoms with van der Waals surface area (Å²) in [5, 5.41) is 10.4. The summed E-state index contributed by atoms with van der Waals surface area (Å²) >= 11 is 6.32. The van der Waals surface area contributed by atoms with Crippen LogP contribution in [-0.4, -0.2) is 60.0 Å². The molecule has 0 aliphatic carbocycles. The van der Waals surface area contributed by atoms with E-state index in [0.717, 1.165) is 11.1 Å². The van der Waals surface area contributed by atoms with Crippen LogP contribution < -0.4 is 11.3 Å². The van der Waals surface area contributed by atoms with Crippen molar-refractivity contribution < 1.29 is 28.9 Å². The number of hydrogen-bond donors (Lipinski definition) is 2. The van der Waals surface area contributed by atoms with E-state index in [-0.39, 0.29) is 43.5 Å². The molecule has 5 rings (SSSR count). The molecule has 1 amide bonds. The number of nitrogens with two attached hydrogens (primary N) is 1. The lowest BCUT2D eigenvalue weighted by Crippen LogP contribution is -2.37. The Hall–Kier alpha value is -3.34. The predicted octanol–water partition coefficient (Wildman–Crippen LogP) is 2.86. The Bertz CT molecular complexity index is 1450. The fraction of sp³-hybridized carbons (Fsp3) is 0.367. The number of aliphatic hydroxyl groups is 1. The van der Waals surface area contributed by atoms with Crippen molar-refractivity contribution in [2.45, 2.75) is 44.1 Å². The lowest BCUT2D eigenvalue weighted by molar-refractivity contribution is -0.126. The Labute approximate surface area is 236 Å². The van der Waals surface area contributed by atoms with Gasteiger partial charge in [-0.25, -0.2) is 0 Å². The minimum absolute atomic E-state index is 0.0440. The second-order valence-corrected chi connectivity index (χ2v) is 10.5. The molecular weight excluding hydrogens is 536 g/mol. The van der Waals surface area contributed by atoms with E-state index >= 15 is 0 Å². The first kappa shape index (κ1) is 28.2. The number of amides is 1. The smallest absolute Gasteiger partial charge is 0.251 e. The maximum atomic E-state index is 13.8. The van der Waals surface area contributed by atoms with Gasteiger partial charge in [-0.05, 0) is 46.5 Å². The van der Waals surface area contributed by atoms with Gasteiger partial charge in [-0.15, -0.1) is 0 Å². The number of ketones is 1. The fourth-order valence-corrected chi connectivity index (χ4v) is 5.41. The molecular formula is C30H31ClN2O7. The average Bonchev–Trinajstić information content (AvgIpc) is 2.95. The van der Waals surface area contributed by atoms with Crippen molar-refractivity contribution in [1.82, 2.24) is 4.57 Å². The zero-order valence-electron chi connectivity index (χ0n) is 21.9. The van der Waals surface area contributed by atoms with E-state index in [2.05, 4.69) is 0 Å². The van der Waals surface area contributed by atoms with Crippen LogP contribution in [0.4, 0.5) is 0 Å². The van der Waals surface area contributed by atoms with E-state index in [9.17, 15) is 19.5 Å². The third kappa shape index (κ3) is 6.35. The molecule has 3 atom stereocenters. The summed E-state index contributed by atoms with van der Waals surface area (Å²) in [6.45, 7) is 1.19. The van der Waals surface area contributed by atoms with Crippen LogP contribution in [0.5, 0.6) is 0 Å². The number of Topliss-reactive ketones (excluding diaryl/α,β-unsaturated/α-hetero) is 1. The molecule has 3 aromatic rings. The summed E-state index contributed by atoms with van der Waals surface area (Å²) in [6, 6.07) is 12.7. The number of carbonyl (C=O) groups excluding carboxylic acids is 2. The van der Waals surface area contributed by atoms with Gasteiger partial charge >= 0.3 is 0 Å². The highest BCUT2D eigenvalue weighted by Gasteiger charge is 2.29. The SMILES string of the molecule is NC(=O)c1ccc(CC(=O)[C@H](C[C@@H]2COCCO2)n2cc3c(cc2=O)-c2cc(Cl)ccc2C[C@@H](CO)OC3)cc1. The highest BCUT2D eigenvalue weighted by molar-refractivity contribution is 6.30. The Morgan fingerprint density at radius 1 is 1.02 bits per heavy atom. The van der Waals surface area contributed by atoms with E-state index < -0.39 is 18.1 Å². The lowest BCUT2D eigenvalue weighted by atomic mass is 9.92. The molecule has 0 radical (unpaired) electrons. The van der Waals surface area contributed by atoms with Gasteiger partial charge in [0.1, 0.15) is 0 Å². The van der Waals surface area contributed by atoms with Crippen LogP contribution in [0.15, 0.2) is 59.5 Å². The van der Waals surface area contributed by atoms with Crippen molar-refractivity contribution in [2.24, 2.45) is 5.73 Å². The Kier molecular flexibility index (Phi) is 8.78. The van der Waals surface area contributed by atoms with E-state index in [0.29, 0.717) is 53.5 Å². The van der Waals surface area contributed by atoms with E-state index in [1.165, 1.54) is 10.6 Å². The van der Waals surface area contributed by atoms with Gasteiger partial charge in [0.2, 0.25) is 5.91 Å². The maximum Gasteiger partial charge on any atom is 0.251 e. The number of carbonyl (C=O) groups is 2. The van der Waals surface area contributed by atoms with E-state index in [1.807, 2.05) is 12.1 Å². The number of primary amides is 1. The molecule has 0 saturated carbocycles. The molecule has 2 aromatic carbocycles. The van der Waals surface area contributed by atoms with Gasteiger partial charge in [-0.2, -0.15) is 0 Å². The Morgan fingerprint density at radius 3 is 2.50 bits per heavy atom. The van der Waals surface area contributed by atoms with E-state index in [4.69, 9.17) is 31.5 Å². The molecule has 1 fully saturated rings. The van der Waals surface area contributed by atoms with Crippen LogP contribution >= 0.6 is 11.6 Å². The Morgan fingerprint density at radius 2 is 1.80 bits per heavy atom. The highest BCUT2D eigenvalue weighted by Crippen LogP contribution is 2.33. The summed E-state index contributed by atoms with van der Waals surface area (Å²) in [6.07, 6.45) is 1.65. The third-order valence-corrected chi connectivity index (χ3v) is 7.58. The molecule has 3 heterocycles. The second-order valence-electron chi connectivity index (χ2n) is 10.1. The van der Waals surface area contributed by atoms with Crippen molar-refractivity contribution in [3.8, 4) is 11.1 Å². The van der Waals surface area contributed by atoms with Gasteiger partial charge in [0.05, 0.1) is 51.3 Å². The fourth-order valence-electron chi connectivity index (χ4n) is 5.24. The van der Waals surface area contributed by atoms with Crippen LogP contribution in [0.3, 0.4) is 0 Å². The van der Waals surface area contributed by atoms with Crippen LogP contribution in [0.1, 0.15) is 39.5 Å². The van der Waals surface area contributed by atoms with E-state index in [1.54, 1.807) is 36.5 Å². The van der Waals surface area contributed by atoms with Crippen LogP contribution in [0.25, 0.3) is 11.1 Å². The van der Waals surface area contributed by atoms with Gasteiger partial charge in [0, 0.05) is 47.7 Å². The number of nitrogens with zero attached hydrogens (tertiary/aromatic N) is 1. The normalized spacial score (nSPS) is 19.6. The summed E-state index contributed by atoms with van der Waals surface area (Å²) in [5.41, 5.74) is 9.12. The standard InChI is InChI=1S/C30H31ClN2O7/c31-22-6-5-20-10-23(15-34)40-16-21-14-33(29(36)13-26(21)25(20)11-22)27(12-24-17-38-7-8-39-24)28(35)9-18-1-3-19(4-2-18)30(32)37/h1-6,11,13-14,23-24,27,34H,7-10,12,15-17H2,(H2,32,37)/t23-,24+,27-/m0/s1. The number of benzene rings is 2. The van der Waals surface area contributed by atoms with Gasteiger partial charge in [0.25, 0.3) is 5.56 Å². The number of ether oxygens (including phenoxy) is 3. The summed E-state index contributed by atoms with van der Waals surface area (Å²) < 4.78 is 18.8. The number of aliphatic hydroxyl groups excluding tert-OH is 1. The van der Waals surface area contributed by atoms with Crippen molar-refractivity contribution in [1.29, 1.82) is 0 Å². The number of halogens is 1. The molecule has 0 bridgehead atoms. The number of rotatable bonds is 8. The van der Waals surface area contributed by atoms with Crippen molar-refractivity contribution in [3.63, 3.8) is 0 Å². The van der Waals surface area contributed by atoms with Gasteiger partial charge in [-0.1, -0.05) is 29.8 Å². The van der Waals surface area contributed by atoms with Crippen LogP contribution in [0, 0.1) is 0 Å². The maximum absolute atomic E-state index is 13.8. The molecule has 0 unspecified atom stereocenters. The number of hydrogen-bond acceptors (Lipinski definition) is 7. The van der Waals surface area contributed by atoms with Gasteiger partial charge in [0.15, 0.2) is 5.78 Å². The molecule has 1 saturated heterocycles. The summed E-state index contributed by atoms with van der Waals surface area (Å²) in [7, 11) is 0. The topological polar surface area (TPSA) is 130 Å². The average molecular weight is 567 g/mol. The highest BCUT2D eigenvalue weighted by atomic mass is 35.5. The minimum Gasteiger partial charge on any atom is -0.394 e. The first-order valence-electron chi connectivity index (χ1n) is 13.2. The number of aromatic nitrogens is 1. The summed E-state index contributed by atoms with van der Waals surface area (Å²) in [4.78, 5) is 38.8. The number of pyridine rings is 1. The first-order valence-corrected chi connectivity index (χ1v) is 13.6. The molecule has 40 heavy (non-hydrogen) atoms. The molecule has 210 valence electrons. The zero-order chi connectivity index (χ0) is 28.2. The summed E-state index contributed by atoms with van der Waals surface area (Å²) in [5.74, 6) is -0.738. The monoisotopic (exact) mass is 566 g/mol. The predicted molar refractivity (Wildman–Crippen MR) is 148 cm³/mol. The molecule has 9 nitrogen and oxygen atoms in total. The first-order chi connectivity index (χ1) is 19.3. The molecule has 0 spiro atoms. The molecule has 3 N–H and O–H groups in total. The lowest BCUT2D eigenvalue weighted by Gasteiger charge is -2.29. The molecule has 2 aliphatic heterocycles. The van der Waals surface area contributed by atoms with Crippen molar-refractivity contribution >= 4 is 23.3 Å². The van der Waals surface area contributed by atoms with Gasteiger partial charge in [-0.3, -0.25) is 14.4 Å². The molecule has 10 heteroatoms. The molecule has 1 aromatic heterocycles. The second kappa shape index (κ2) is 12.4. The molecule has 2 aliphatic rings. The third-order valence-electron chi connectivity index (χ3n) is 7.35. The zero-order valence-corrected chi connectivity index (χ0v) is 22.6.